The molecule has 0 spiro atoms. The van der Waals surface area contributed by atoms with Crippen LogP contribution < -0.4 is 16.0 Å². The summed E-state index contributed by atoms with van der Waals surface area (Å²) in [5, 5.41) is 3.92. The molecule has 0 radical (unpaired) electrons. The highest BCUT2D eigenvalue weighted by atomic mass is 16.6. The van der Waals surface area contributed by atoms with Crippen LogP contribution in [0.15, 0.2) is 50.5 Å². The number of aryl methyl sites for hydroxylation is 1. The lowest BCUT2D eigenvalue weighted by Crippen LogP contribution is -2.40. The molecule has 0 aliphatic heterocycles. The van der Waals surface area contributed by atoms with Gasteiger partial charge in [0, 0.05) is 18.7 Å². The summed E-state index contributed by atoms with van der Waals surface area (Å²) in [6.45, 7) is 4.38. The van der Waals surface area contributed by atoms with Crippen LogP contribution in [0.1, 0.15) is 37.0 Å². The molecule has 0 atom stereocenters. The van der Waals surface area contributed by atoms with Gasteiger partial charge in [0.05, 0.1) is 6.07 Å². The largest absolute Gasteiger partial charge is 0.455 e. The van der Waals surface area contributed by atoms with Crippen LogP contribution in [0, 0.1) is 0 Å². The Balaban J connectivity index is 1.63. The zero-order chi connectivity index (χ0) is 22.7. The van der Waals surface area contributed by atoms with Crippen LogP contribution in [-0.4, -0.2) is 36.6 Å². The Morgan fingerprint density at radius 2 is 1.81 bits per heavy atom. The Hall–Kier alpha value is -3.95. The van der Waals surface area contributed by atoms with Crippen molar-refractivity contribution in [1.82, 2.24) is 24.3 Å². The highest BCUT2D eigenvalue weighted by molar-refractivity contribution is 5.97. The van der Waals surface area contributed by atoms with Crippen molar-refractivity contribution in [3.05, 3.63) is 62.8 Å². The fraction of sp³-hybridized carbons (Fsp3) is 0.318. The van der Waals surface area contributed by atoms with Gasteiger partial charge in [0.15, 0.2) is 29.6 Å². The Kier molecular flexibility index (Phi) is 6.02. The molecule has 3 heterocycles. The van der Waals surface area contributed by atoms with Crippen molar-refractivity contribution >= 4 is 16.9 Å². The van der Waals surface area contributed by atoms with Gasteiger partial charge in [-0.25, -0.2) is 9.78 Å². The molecule has 4 aromatic rings. The van der Waals surface area contributed by atoms with Crippen molar-refractivity contribution in [3.63, 3.8) is 0 Å². The second kappa shape index (κ2) is 9.04. The first-order chi connectivity index (χ1) is 15.5. The quantitative estimate of drug-likeness (QED) is 0.399. The maximum atomic E-state index is 12.8. The normalized spacial score (nSPS) is 11.2. The number of carbonyl (C=O) groups excluding carboxylic acids is 1. The zero-order valence-electron chi connectivity index (χ0n) is 17.8. The molecule has 166 valence electrons. The maximum Gasteiger partial charge on any atom is 0.332 e. The summed E-state index contributed by atoms with van der Waals surface area (Å²) in [4.78, 5) is 45.2. The molecule has 0 aliphatic carbocycles. The number of aromatic amines is 1. The van der Waals surface area contributed by atoms with Gasteiger partial charge < -0.3 is 14.2 Å². The van der Waals surface area contributed by atoms with Crippen molar-refractivity contribution in [1.29, 1.82) is 0 Å². The minimum Gasteiger partial charge on any atom is -0.455 e. The van der Waals surface area contributed by atoms with E-state index in [1.165, 1.54) is 15.2 Å². The van der Waals surface area contributed by atoms with Gasteiger partial charge in [0.25, 0.3) is 5.56 Å². The molecule has 3 aromatic heterocycles. The number of imidazole rings is 1. The number of rotatable bonds is 9. The summed E-state index contributed by atoms with van der Waals surface area (Å²) in [6, 6.07) is 10.2. The number of fused-ring (bicyclic) bond motifs is 1. The molecular weight excluding hydrogens is 414 g/mol. The molecule has 0 amide bonds. The molecular formula is C22H23N5O5. The van der Waals surface area contributed by atoms with Crippen LogP contribution in [0.5, 0.6) is 5.95 Å². The molecule has 0 saturated carbocycles. The Bertz CT molecular complexity index is 1360. The number of benzene rings is 1. The third-order valence-corrected chi connectivity index (χ3v) is 4.93. The van der Waals surface area contributed by atoms with Gasteiger partial charge in [-0.05, 0) is 12.8 Å². The summed E-state index contributed by atoms with van der Waals surface area (Å²) in [5.41, 5.74) is 0.515. The van der Waals surface area contributed by atoms with Crippen molar-refractivity contribution < 1.29 is 14.1 Å². The number of ether oxygens (including phenoxy) is 1. The number of ketones is 1. The average molecular weight is 437 g/mol. The number of nitrogens with one attached hydrogen (secondary N) is 1. The molecule has 10 nitrogen and oxygen atoms in total. The van der Waals surface area contributed by atoms with E-state index in [1.807, 2.05) is 19.9 Å². The van der Waals surface area contributed by atoms with Crippen molar-refractivity contribution in [2.45, 2.75) is 39.8 Å². The van der Waals surface area contributed by atoms with E-state index in [1.54, 1.807) is 24.3 Å². The van der Waals surface area contributed by atoms with E-state index in [4.69, 9.17) is 9.26 Å². The monoisotopic (exact) mass is 437 g/mol. The van der Waals surface area contributed by atoms with Crippen LogP contribution >= 0.6 is 0 Å². The minimum atomic E-state index is -0.425. The van der Waals surface area contributed by atoms with Crippen LogP contribution in [0.2, 0.25) is 0 Å². The summed E-state index contributed by atoms with van der Waals surface area (Å²) >= 11 is 0. The average Bonchev–Trinajstić information content (AvgIpc) is 3.46. The standard InChI is InChI=1S/C22H23N5O5/c1-3-10-26-20-18(21(29)27(11-4-2)22(26)30)23-19(24-20)15-12-17(32-25-15)31-13-16(28)14-8-6-5-7-9-14/h5-9,12H,3-4,10-11,13H2,1-2H3,(H,23,24). The summed E-state index contributed by atoms with van der Waals surface area (Å²) in [5.74, 6) is 0.106. The third kappa shape index (κ3) is 3.98. The number of hydrogen-bond donors (Lipinski definition) is 1. The molecule has 10 heteroatoms. The van der Waals surface area contributed by atoms with E-state index >= 15 is 0 Å². The number of hydrogen-bond acceptors (Lipinski definition) is 7. The van der Waals surface area contributed by atoms with E-state index < -0.39 is 5.56 Å². The second-order valence-electron chi connectivity index (χ2n) is 7.28. The van der Waals surface area contributed by atoms with Crippen LogP contribution in [0.25, 0.3) is 22.7 Å². The molecule has 0 fully saturated rings. The third-order valence-electron chi connectivity index (χ3n) is 4.93. The molecule has 4 rings (SSSR count). The number of aromatic nitrogens is 5. The Morgan fingerprint density at radius 3 is 2.53 bits per heavy atom. The lowest BCUT2D eigenvalue weighted by atomic mass is 10.1. The van der Waals surface area contributed by atoms with Crippen LogP contribution in [0.3, 0.4) is 0 Å². The SMILES string of the molecule is CCCn1c(=O)c2[nH]c(-c3cc(OCC(=O)c4ccccc4)on3)nc2n(CCC)c1=O. The number of Topliss-reactive ketones (excluding diaryl/α,β-unsaturated/α-hetero) is 1. The molecule has 0 unspecified atom stereocenters. The first kappa shape index (κ1) is 21.3. The highest BCUT2D eigenvalue weighted by Crippen LogP contribution is 2.22. The van der Waals surface area contributed by atoms with Gasteiger partial charge in [-0.2, -0.15) is 0 Å². The second-order valence-corrected chi connectivity index (χ2v) is 7.28. The molecule has 1 aromatic carbocycles. The van der Waals surface area contributed by atoms with Gasteiger partial charge in [-0.3, -0.25) is 18.7 Å². The number of carbonyl (C=O) groups is 1. The zero-order valence-corrected chi connectivity index (χ0v) is 17.8. The predicted octanol–water partition coefficient (Wildman–Crippen LogP) is 2.62. The lowest BCUT2D eigenvalue weighted by Gasteiger charge is -2.09. The van der Waals surface area contributed by atoms with Gasteiger partial charge in [0.2, 0.25) is 0 Å². The Morgan fingerprint density at radius 1 is 1.09 bits per heavy atom. The van der Waals surface area contributed by atoms with Gasteiger partial charge in [-0.15, -0.1) is 0 Å². The van der Waals surface area contributed by atoms with Crippen LogP contribution in [-0.2, 0) is 13.1 Å². The first-order valence-electron chi connectivity index (χ1n) is 10.4. The van der Waals surface area contributed by atoms with Gasteiger partial charge in [0.1, 0.15) is 5.52 Å². The van der Waals surface area contributed by atoms with E-state index in [9.17, 15) is 14.4 Å². The number of H-pyrrole nitrogens is 1. The minimum absolute atomic E-state index is 0.0408. The summed E-state index contributed by atoms with van der Waals surface area (Å²) in [6.07, 6.45) is 1.36. The lowest BCUT2D eigenvalue weighted by molar-refractivity contribution is 0.0891. The molecule has 0 aliphatic rings. The van der Waals surface area contributed by atoms with E-state index in [0.29, 0.717) is 37.2 Å². The van der Waals surface area contributed by atoms with Crippen molar-refractivity contribution in [2.24, 2.45) is 0 Å². The summed E-state index contributed by atoms with van der Waals surface area (Å²) < 4.78 is 13.3. The van der Waals surface area contributed by atoms with E-state index in [0.717, 1.165) is 0 Å². The fourth-order valence-corrected chi connectivity index (χ4v) is 3.42. The maximum absolute atomic E-state index is 12.8. The molecule has 32 heavy (non-hydrogen) atoms. The Labute approximate surface area is 182 Å². The fourth-order valence-electron chi connectivity index (χ4n) is 3.42. The first-order valence-corrected chi connectivity index (χ1v) is 10.4. The smallest absolute Gasteiger partial charge is 0.332 e. The predicted molar refractivity (Wildman–Crippen MR) is 117 cm³/mol. The van der Waals surface area contributed by atoms with E-state index in [-0.39, 0.29) is 41.0 Å². The molecule has 1 N–H and O–H groups in total. The van der Waals surface area contributed by atoms with Crippen LogP contribution in [0.4, 0.5) is 0 Å². The molecule has 0 bridgehead atoms. The molecule has 0 saturated heterocycles. The topological polar surface area (TPSA) is 125 Å². The van der Waals surface area contributed by atoms with Gasteiger partial charge >= 0.3 is 11.6 Å². The highest BCUT2D eigenvalue weighted by Gasteiger charge is 2.19. The summed E-state index contributed by atoms with van der Waals surface area (Å²) in [7, 11) is 0. The van der Waals surface area contributed by atoms with Gasteiger partial charge in [-0.1, -0.05) is 49.3 Å². The number of nitrogens with zero attached hydrogens (tertiary/aromatic N) is 4. The van der Waals surface area contributed by atoms with E-state index in [2.05, 4.69) is 15.1 Å². The van der Waals surface area contributed by atoms with Crippen molar-refractivity contribution in [2.75, 3.05) is 6.61 Å². The van der Waals surface area contributed by atoms with Crippen molar-refractivity contribution in [3.8, 4) is 17.5 Å².